The molecule has 0 aliphatic carbocycles. The second kappa shape index (κ2) is 27.5. The fourth-order valence-corrected chi connectivity index (χ4v) is 7.02. The van der Waals surface area contributed by atoms with Gasteiger partial charge in [0.15, 0.2) is 5.96 Å². The number of amides is 8. The van der Waals surface area contributed by atoms with Crippen LogP contribution in [-0.4, -0.2) is 114 Å². The third kappa shape index (κ3) is 18.4. The number of nitrogens with two attached hydrogens (primary N) is 4. The van der Waals surface area contributed by atoms with Gasteiger partial charge in [-0.15, -0.1) is 0 Å². The highest BCUT2D eigenvalue weighted by molar-refractivity contribution is 5.97. The van der Waals surface area contributed by atoms with E-state index in [2.05, 4.69) is 46.7 Å². The molecule has 0 saturated heterocycles. The summed E-state index contributed by atoms with van der Waals surface area (Å²) in [5.74, 6) is -7.39. The largest absolute Gasteiger partial charge is 0.370 e. The summed E-state index contributed by atoms with van der Waals surface area (Å²) in [5.41, 5.74) is 26.7. The number of para-hydroxylation sites is 1. The van der Waals surface area contributed by atoms with Gasteiger partial charge in [-0.2, -0.15) is 5.48 Å². The molecule has 23 nitrogen and oxygen atoms in total. The van der Waals surface area contributed by atoms with E-state index in [0.29, 0.717) is 16.7 Å². The average molecular weight is 968 g/mol. The first-order valence-electron chi connectivity index (χ1n) is 22.4. The molecule has 374 valence electrons. The fourth-order valence-electron chi connectivity index (χ4n) is 7.02. The van der Waals surface area contributed by atoms with Crippen molar-refractivity contribution in [2.75, 3.05) is 13.1 Å². The summed E-state index contributed by atoms with van der Waals surface area (Å²) in [7, 11) is 0. The molecule has 0 saturated carbocycles. The number of guanidine groups is 1. The molecule has 16 N–H and O–H groups in total. The Balaban J connectivity index is 1.66. The summed E-state index contributed by atoms with van der Waals surface area (Å²) in [5, 5.41) is 16.5. The van der Waals surface area contributed by atoms with E-state index in [4.69, 9.17) is 22.9 Å². The van der Waals surface area contributed by atoms with Gasteiger partial charge in [-0.1, -0.05) is 78.9 Å². The summed E-state index contributed by atoms with van der Waals surface area (Å²) in [4.78, 5) is 131. The highest BCUT2D eigenvalue weighted by atomic mass is 16.7. The number of aromatic amines is 1. The molecule has 3 aromatic carbocycles. The summed E-state index contributed by atoms with van der Waals surface area (Å²) in [6.07, 6.45) is 1.00. The molecule has 4 aromatic rings. The van der Waals surface area contributed by atoms with Crippen LogP contribution < -0.4 is 60.3 Å². The van der Waals surface area contributed by atoms with Gasteiger partial charge in [0.2, 0.25) is 41.4 Å². The lowest BCUT2D eigenvalue weighted by Crippen LogP contribution is -2.60. The second-order valence-corrected chi connectivity index (χ2v) is 16.3. The number of aromatic nitrogens is 1. The van der Waals surface area contributed by atoms with E-state index in [1.807, 2.05) is 23.7 Å². The number of carbonyl (C=O) groups is 9. The molecule has 4 rings (SSSR count). The third-order valence-corrected chi connectivity index (χ3v) is 10.6. The summed E-state index contributed by atoms with van der Waals surface area (Å²) in [6, 6.07) is 16.8. The van der Waals surface area contributed by atoms with E-state index in [0.717, 1.165) is 17.8 Å². The van der Waals surface area contributed by atoms with Crippen molar-refractivity contribution in [1.82, 2.24) is 42.4 Å². The Morgan fingerprint density at radius 2 is 1.10 bits per heavy atom. The predicted molar refractivity (Wildman–Crippen MR) is 257 cm³/mol. The van der Waals surface area contributed by atoms with Gasteiger partial charge in [-0.05, 0) is 48.9 Å². The predicted octanol–water partition coefficient (Wildman–Crippen LogP) is -2.00. The Bertz CT molecular complexity index is 2480. The van der Waals surface area contributed by atoms with Crippen molar-refractivity contribution in [3.63, 3.8) is 0 Å². The Labute approximate surface area is 403 Å². The van der Waals surface area contributed by atoms with E-state index < -0.39 is 96.0 Å². The van der Waals surface area contributed by atoms with Gasteiger partial charge in [0.1, 0.15) is 30.2 Å². The van der Waals surface area contributed by atoms with Crippen LogP contribution >= 0.6 is 0 Å². The van der Waals surface area contributed by atoms with E-state index in [9.17, 15) is 43.2 Å². The summed E-state index contributed by atoms with van der Waals surface area (Å²) < 4.78 is 0. The Morgan fingerprint density at radius 1 is 0.614 bits per heavy atom. The third-order valence-electron chi connectivity index (χ3n) is 10.6. The van der Waals surface area contributed by atoms with Crippen molar-refractivity contribution >= 4 is 70.1 Å². The number of nitrogens with one attached hydrogen (secondary N) is 8. The number of primary amides is 1. The van der Waals surface area contributed by atoms with Crippen LogP contribution in [0, 0.1) is 0 Å². The maximum Gasteiger partial charge on any atom is 0.329 e. The number of hydrogen-bond donors (Lipinski definition) is 12. The molecule has 70 heavy (non-hydrogen) atoms. The van der Waals surface area contributed by atoms with E-state index >= 15 is 0 Å². The molecule has 1 aromatic heterocycles. The molecule has 6 unspecified atom stereocenters. The molecule has 0 radical (unpaired) electrons. The van der Waals surface area contributed by atoms with Crippen molar-refractivity contribution in [3.8, 4) is 0 Å². The number of carbonyl (C=O) groups excluding carboxylic acids is 9. The highest BCUT2D eigenvalue weighted by Gasteiger charge is 2.33. The molecular formula is C47H61N13O10. The number of fused-ring (bicyclic) bond motifs is 1. The summed E-state index contributed by atoms with van der Waals surface area (Å²) >= 11 is 0. The molecule has 23 heteroatoms. The average Bonchev–Trinajstić information content (AvgIpc) is 3.74. The van der Waals surface area contributed by atoms with E-state index in [1.54, 1.807) is 72.9 Å². The fraction of sp³-hybridized carbons (Fsp3) is 0.362. The van der Waals surface area contributed by atoms with Crippen LogP contribution in [0.15, 0.2) is 96.1 Å². The number of benzene rings is 3. The van der Waals surface area contributed by atoms with Gasteiger partial charge in [0.25, 0.3) is 5.91 Å². The molecule has 6 atom stereocenters. The van der Waals surface area contributed by atoms with Gasteiger partial charge >= 0.3 is 5.97 Å². The van der Waals surface area contributed by atoms with E-state index in [-0.39, 0.29) is 57.5 Å². The molecule has 1 heterocycles. The maximum atomic E-state index is 14.6. The molecule has 0 aliphatic rings. The standard InChI is InChI=1S/C47H61N13O10/c1-27(48)41(64)55-35(19-20-39(49)62)44(67)57-37(23-30-14-7-4-8-15-30)46(69)58-36(22-29-12-5-3-6-13-29)45(68)56-34(18-11-21-52-47(50)51)43(66)59-38(42(65)54-26-40(63)60-70-28(2)61)24-31-25-53-33-17-10-9-16-32(31)33/h3-10,12-17,25,27,34-38,53H,11,18-24,26,48H2,1-2H3,(H2,49,62)(H,54,65)(H,55,64)(H,56,68)(H,57,67)(H,58,69)(H,59,66)(H,60,63)(H4,50,51,52). The van der Waals surface area contributed by atoms with Gasteiger partial charge < -0.3 is 64.7 Å². The van der Waals surface area contributed by atoms with Crippen molar-refractivity contribution < 1.29 is 48.0 Å². The van der Waals surface area contributed by atoms with Crippen molar-refractivity contribution in [3.05, 3.63) is 108 Å². The van der Waals surface area contributed by atoms with Gasteiger partial charge in [-0.3, -0.25) is 48.1 Å². The maximum absolute atomic E-state index is 14.6. The zero-order valence-corrected chi connectivity index (χ0v) is 38.8. The van der Waals surface area contributed by atoms with Crippen LogP contribution in [0.25, 0.3) is 10.9 Å². The zero-order valence-electron chi connectivity index (χ0n) is 38.8. The Morgan fingerprint density at radius 3 is 1.63 bits per heavy atom. The first kappa shape index (κ1) is 54.3. The molecule has 0 spiro atoms. The molecule has 8 amide bonds. The Hall–Kier alpha value is -8.34. The minimum atomic E-state index is -1.39. The topological polar surface area (TPSA) is 379 Å². The summed E-state index contributed by atoms with van der Waals surface area (Å²) in [6.45, 7) is 1.89. The van der Waals surface area contributed by atoms with E-state index in [1.165, 1.54) is 6.92 Å². The van der Waals surface area contributed by atoms with Crippen LogP contribution in [-0.2, 0) is 67.3 Å². The molecule has 0 fully saturated rings. The smallest absolute Gasteiger partial charge is 0.329 e. The lowest BCUT2D eigenvalue weighted by Gasteiger charge is -2.27. The van der Waals surface area contributed by atoms with Gasteiger partial charge in [0, 0.05) is 56.3 Å². The van der Waals surface area contributed by atoms with Crippen LogP contribution in [0.3, 0.4) is 0 Å². The van der Waals surface area contributed by atoms with Crippen LogP contribution in [0.4, 0.5) is 0 Å². The van der Waals surface area contributed by atoms with Crippen LogP contribution in [0.2, 0.25) is 0 Å². The zero-order chi connectivity index (χ0) is 51.2. The number of nitrogens with zero attached hydrogens (tertiary/aromatic N) is 1. The Kier molecular flexibility index (Phi) is 21.3. The van der Waals surface area contributed by atoms with Crippen LogP contribution in [0.1, 0.15) is 56.2 Å². The lowest BCUT2D eigenvalue weighted by molar-refractivity contribution is -0.155. The number of rotatable bonds is 26. The number of H-pyrrole nitrogens is 1. The van der Waals surface area contributed by atoms with Gasteiger partial charge in [-0.25, -0.2) is 0 Å². The molecule has 0 aliphatic heterocycles. The van der Waals surface area contributed by atoms with Crippen LogP contribution in [0.5, 0.6) is 0 Å². The number of aliphatic imine (C=N–C) groups is 1. The second-order valence-electron chi connectivity index (χ2n) is 16.3. The number of hydroxylamine groups is 1. The van der Waals surface area contributed by atoms with Gasteiger partial charge in [0.05, 0.1) is 12.6 Å². The van der Waals surface area contributed by atoms with Crippen molar-refractivity contribution in [2.45, 2.75) is 95.0 Å². The lowest BCUT2D eigenvalue weighted by atomic mass is 10.0. The quantitative estimate of drug-likeness (QED) is 0.0140. The SMILES string of the molecule is CC(=O)ONC(=O)CNC(=O)C(Cc1c[nH]c2ccccc12)NC(=O)C(CCCN=C(N)N)NC(=O)C(Cc1ccccc1)NC(=O)C(Cc1ccccc1)NC(=O)C(CCC(N)=O)NC(=O)C(C)N. The first-order chi connectivity index (χ1) is 33.4. The van der Waals surface area contributed by atoms with Crippen molar-refractivity contribution in [2.24, 2.45) is 27.9 Å². The normalized spacial score (nSPS) is 13.4. The van der Waals surface area contributed by atoms with Crippen molar-refractivity contribution in [1.29, 1.82) is 0 Å². The molecular weight excluding hydrogens is 907 g/mol. The highest BCUT2D eigenvalue weighted by Crippen LogP contribution is 2.20. The number of hydrogen-bond acceptors (Lipinski definition) is 12. The molecule has 0 bridgehead atoms. The monoisotopic (exact) mass is 967 g/mol. The first-order valence-corrected chi connectivity index (χ1v) is 22.4. The minimum Gasteiger partial charge on any atom is -0.370 e. The minimum absolute atomic E-state index is 0.0504.